The highest BCUT2D eigenvalue weighted by molar-refractivity contribution is 5.95. The highest BCUT2D eigenvalue weighted by Gasteiger charge is 2.06. The summed E-state index contributed by atoms with van der Waals surface area (Å²) >= 11 is 0. The Hall–Kier alpha value is -2.33. The molecule has 0 bridgehead atoms. The van der Waals surface area contributed by atoms with E-state index < -0.39 is 0 Å². The van der Waals surface area contributed by atoms with Crippen molar-refractivity contribution in [1.82, 2.24) is 5.32 Å². The molecular weight excluding hydrogens is 240 g/mol. The van der Waals surface area contributed by atoms with Gasteiger partial charge in [-0.2, -0.15) is 0 Å². The second-order valence-corrected chi connectivity index (χ2v) is 4.19. The van der Waals surface area contributed by atoms with Crippen molar-refractivity contribution in [2.24, 2.45) is 0 Å². The molecule has 1 amide bonds. The SMILES string of the molecule is Nc1cccc(-c2cccc(C(=O)NCCO)c2)c1. The highest BCUT2D eigenvalue weighted by atomic mass is 16.3. The Morgan fingerprint density at radius 1 is 1.11 bits per heavy atom. The molecule has 4 heteroatoms. The van der Waals surface area contributed by atoms with Gasteiger partial charge in [0.15, 0.2) is 0 Å². The average molecular weight is 256 g/mol. The quantitative estimate of drug-likeness (QED) is 0.728. The van der Waals surface area contributed by atoms with Gasteiger partial charge < -0.3 is 16.2 Å². The summed E-state index contributed by atoms with van der Waals surface area (Å²) in [5.41, 5.74) is 8.91. The number of amides is 1. The zero-order valence-corrected chi connectivity index (χ0v) is 10.5. The maximum Gasteiger partial charge on any atom is 0.251 e. The van der Waals surface area contributed by atoms with Gasteiger partial charge in [0, 0.05) is 17.8 Å². The van der Waals surface area contributed by atoms with Crippen molar-refractivity contribution in [2.45, 2.75) is 0 Å². The van der Waals surface area contributed by atoms with Crippen molar-refractivity contribution < 1.29 is 9.90 Å². The normalized spacial score (nSPS) is 10.2. The number of aliphatic hydroxyl groups excluding tert-OH is 1. The van der Waals surface area contributed by atoms with Gasteiger partial charge in [-0.1, -0.05) is 24.3 Å². The minimum Gasteiger partial charge on any atom is -0.399 e. The third-order valence-electron chi connectivity index (χ3n) is 2.74. The van der Waals surface area contributed by atoms with Crippen molar-refractivity contribution in [1.29, 1.82) is 0 Å². The van der Waals surface area contributed by atoms with Gasteiger partial charge in [-0.05, 0) is 35.4 Å². The van der Waals surface area contributed by atoms with Crippen LogP contribution in [0.2, 0.25) is 0 Å². The van der Waals surface area contributed by atoms with Crippen molar-refractivity contribution in [3.05, 3.63) is 54.1 Å². The zero-order chi connectivity index (χ0) is 13.7. The van der Waals surface area contributed by atoms with E-state index in [2.05, 4.69) is 5.32 Å². The lowest BCUT2D eigenvalue weighted by Crippen LogP contribution is -2.26. The lowest BCUT2D eigenvalue weighted by molar-refractivity contribution is 0.0945. The summed E-state index contributed by atoms with van der Waals surface area (Å²) in [6, 6.07) is 14.8. The van der Waals surface area contributed by atoms with E-state index in [1.807, 2.05) is 42.5 Å². The van der Waals surface area contributed by atoms with Gasteiger partial charge in [-0.25, -0.2) is 0 Å². The lowest BCUT2D eigenvalue weighted by atomic mass is 10.0. The molecule has 0 fully saturated rings. The summed E-state index contributed by atoms with van der Waals surface area (Å²) in [6.45, 7) is 0.183. The minimum absolute atomic E-state index is 0.0688. The van der Waals surface area contributed by atoms with Gasteiger partial charge in [0.05, 0.1) is 6.61 Å². The van der Waals surface area contributed by atoms with E-state index in [0.717, 1.165) is 11.1 Å². The molecule has 2 aromatic rings. The second-order valence-electron chi connectivity index (χ2n) is 4.19. The monoisotopic (exact) mass is 256 g/mol. The Morgan fingerprint density at radius 2 is 1.79 bits per heavy atom. The van der Waals surface area contributed by atoms with E-state index in [4.69, 9.17) is 10.8 Å². The molecule has 0 spiro atoms. The summed E-state index contributed by atoms with van der Waals surface area (Å²) in [5.74, 6) is -0.195. The number of rotatable bonds is 4. The number of hydrogen-bond donors (Lipinski definition) is 3. The number of carbonyl (C=O) groups excluding carboxylic acids is 1. The largest absolute Gasteiger partial charge is 0.399 e. The number of hydrogen-bond acceptors (Lipinski definition) is 3. The van der Waals surface area contributed by atoms with Crippen molar-refractivity contribution in [3.8, 4) is 11.1 Å². The molecule has 98 valence electrons. The number of aliphatic hydroxyl groups is 1. The summed E-state index contributed by atoms with van der Waals surface area (Å²) < 4.78 is 0. The summed E-state index contributed by atoms with van der Waals surface area (Å²) in [4.78, 5) is 11.8. The molecule has 0 aromatic heterocycles. The van der Waals surface area contributed by atoms with Crippen molar-refractivity contribution >= 4 is 11.6 Å². The van der Waals surface area contributed by atoms with Crippen LogP contribution in [0.1, 0.15) is 10.4 Å². The first-order valence-corrected chi connectivity index (χ1v) is 6.06. The van der Waals surface area contributed by atoms with Crippen LogP contribution in [0.15, 0.2) is 48.5 Å². The van der Waals surface area contributed by atoms with E-state index >= 15 is 0 Å². The molecule has 0 aliphatic carbocycles. The van der Waals surface area contributed by atoms with Crippen LogP contribution >= 0.6 is 0 Å². The Bertz CT molecular complexity index is 582. The molecule has 2 aromatic carbocycles. The molecule has 4 nitrogen and oxygen atoms in total. The van der Waals surface area contributed by atoms with E-state index in [-0.39, 0.29) is 19.1 Å². The molecule has 0 aliphatic rings. The van der Waals surface area contributed by atoms with Crippen LogP contribution in [0, 0.1) is 0 Å². The first kappa shape index (κ1) is 13.1. The molecule has 0 radical (unpaired) electrons. The van der Waals surface area contributed by atoms with Crippen LogP contribution < -0.4 is 11.1 Å². The standard InChI is InChI=1S/C15H16N2O2/c16-14-6-2-4-12(10-14)11-3-1-5-13(9-11)15(19)17-7-8-18/h1-6,9-10,18H,7-8,16H2,(H,17,19). The molecule has 0 unspecified atom stereocenters. The van der Waals surface area contributed by atoms with Crippen LogP contribution in [0.3, 0.4) is 0 Å². The fraction of sp³-hybridized carbons (Fsp3) is 0.133. The van der Waals surface area contributed by atoms with Crippen LogP contribution in [0.5, 0.6) is 0 Å². The first-order chi connectivity index (χ1) is 9.20. The highest BCUT2D eigenvalue weighted by Crippen LogP contribution is 2.22. The topological polar surface area (TPSA) is 75.4 Å². The fourth-order valence-corrected chi connectivity index (χ4v) is 1.83. The molecule has 2 rings (SSSR count). The van der Waals surface area contributed by atoms with Crippen LogP contribution in [-0.4, -0.2) is 24.2 Å². The van der Waals surface area contributed by atoms with Gasteiger partial charge in [0.1, 0.15) is 0 Å². The predicted octanol–water partition coefficient (Wildman–Crippen LogP) is 1.66. The zero-order valence-electron chi connectivity index (χ0n) is 10.5. The van der Waals surface area contributed by atoms with Crippen LogP contribution in [0.4, 0.5) is 5.69 Å². The van der Waals surface area contributed by atoms with Gasteiger partial charge in [-0.15, -0.1) is 0 Å². The predicted molar refractivity (Wildman–Crippen MR) is 75.7 cm³/mol. The summed E-state index contributed by atoms with van der Waals surface area (Å²) in [7, 11) is 0. The third-order valence-corrected chi connectivity index (χ3v) is 2.74. The molecule has 0 saturated heterocycles. The maximum absolute atomic E-state index is 11.8. The number of nitrogens with one attached hydrogen (secondary N) is 1. The molecule has 0 heterocycles. The van der Waals surface area contributed by atoms with Gasteiger partial charge in [0.2, 0.25) is 0 Å². The molecule has 0 atom stereocenters. The van der Waals surface area contributed by atoms with Crippen LogP contribution in [-0.2, 0) is 0 Å². The Kier molecular flexibility index (Phi) is 4.15. The van der Waals surface area contributed by atoms with E-state index in [0.29, 0.717) is 11.3 Å². The number of carbonyl (C=O) groups is 1. The third kappa shape index (κ3) is 3.33. The maximum atomic E-state index is 11.8. The van der Waals surface area contributed by atoms with Crippen LogP contribution in [0.25, 0.3) is 11.1 Å². The Morgan fingerprint density at radius 3 is 2.47 bits per heavy atom. The smallest absolute Gasteiger partial charge is 0.251 e. The van der Waals surface area contributed by atoms with Crippen molar-refractivity contribution in [2.75, 3.05) is 18.9 Å². The summed E-state index contributed by atoms with van der Waals surface area (Å²) in [6.07, 6.45) is 0. The number of benzene rings is 2. The van der Waals surface area contributed by atoms with Crippen molar-refractivity contribution in [3.63, 3.8) is 0 Å². The number of nitrogens with two attached hydrogens (primary N) is 1. The van der Waals surface area contributed by atoms with Gasteiger partial charge in [-0.3, -0.25) is 4.79 Å². The number of nitrogen functional groups attached to an aromatic ring is 1. The summed E-state index contributed by atoms with van der Waals surface area (Å²) in [5, 5.41) is 11.3. The molecule has 0 aliphatic heterocycles. The Labute approximate surface area is 111 Å². The lowest BCUT2D eigenvalue weighted by Gasteiger charge is -2.07. The fourth-order valence-electron chi connectivity index (χ4n) is 1.83. The molecule has 0 saturated carbocycles. The second kappa shape index (κ2) is 6.02. The average Bonchev–Trinajstić information content (AvgIpc) is 2.45. The first-order valence-electron chi connectivity index (χ1n) is 6.06. The van der Waals surface area contributed by atoms with E-state index in [1.165, 1.54) is 0 Å². The minimum atomic E-state index is -0.195. The number of anilines is 1. The molecule has 4 N–H and O–H groups in total. The van der Waals surface area contributed by atoms with E-state index in [9.17, 15) is 4.79 Å². The van der Waals surface area contributed by atoms with Gasteiger partial charge in [0.25, 0.3) is 5.91 Å². The van der Waals surface area contributed by atoms with Gasteiger partial charge >= 0.3 is 0 Å². The molecular formula is C15H16N2O2. The van der Waals surface area contributed by atoms with E-state index in [1.54, 1.807) is 6.07 Å². The Balaban J connectivity index is 2.26. The molecule has 19 heavy (non-hydrogen) atoms.